The minimum atomic E-state index is -4.96. The summed E-state index contributed by atoms with van der Waals surface area (Å²) in [4.78, 5) is 4.17. The highest BCUT2D eigenvalue weighted by Gasteiger charge is 2.38. The number of aliphatic hydroxyl groups is 1. The molecule has 1 aromatic heterocycles. The van der Waals surface area contributed by atoms with Crippen molar-refractivity contribution in [1.29, 1.82) is 0 Å². The summed E-state index contributed by atoms with van der Waals surface area (Å²) in [6.07, 6.45) is 0.0223. The van der Waals surface area contributed by atoms with Crippen LogP contribution in [0.25, 0.3) is 0 Å². The number of nitrogens with zero attached hydrogens (tertiary/aromatic N) is 2. The molecule has 0 amide bonds. The second-order valence-electron chi connectivity index (χ2n) is 6.24. The number of allylic oxidation sites excluding steroid dienone is 5. The average molecular weight is 492 g/mol. The molecular weight excluding hydrogens is 470 g/mol. The lowest BCUT2D eigenvalue weighted by Gasteiger charge is -2.25. The first kappa shape index (κ1) is 27.6. The van der Waals surface area contributed by atoms with Crippen molar-refractivity contribution in [2.45, 2.75) is 13.1 Å². The molecule has 180 valence electrons. The Kier molecular flexibility index (Phi) is 10.0. The molecule has 0 aliphatic heterocycles. The van der Waals surface area contributed by atoms with Crippen LogP contribution in [0.5, 0.6) is 5.88 Å². The molecule has 1 rings (SSSR count). The van der Waals surface area contributed by atoms with Crippen molar-refractivity contribution >= 4 is 17.4 Å². The highest BCUT2D eigenvalue weighted by molar-refractivity contribution is 6.31. The molecule has 0 saturated heterocycles. The van der Waals surface area contributed by atoms with Crippen molar-refractivity contribution in [2.24, 2.45) is 0 Å². The topological polar surface area (TPSA) is 87.1 Å². The van der Waals surface area contributed by atoms with Crippen molar-refractivity contribution in [1.82, 2.24) is 10.5 Å². The van der Waals surface area contributed by atoms with Gasteiger partial charge < -0.3 is 19.5 Å². The summed E-state index contributed by atoms with van der Waals surface area (Å²) < 4.78 is 65.8. The van der Waals surface area contributed by atoms with Crippen molar-refractivity contribution in [3.8, 4) is 5.88 Å². The van der Waals surface area contributed by atoms with Crippen LogP contribution in [0, 0.1) is 5.82 Å². The number of hydrogen-bond donors (Lipinski definition) is 3. The minimum absolute atomic E-state index is 0.0755. The Morgan fingerprint density at radius 3 is 2.48 bits per heavy atom. The molecule has 0 radical (unpaired) electrons. The summed E-state index contributed by atoms with van der Waals surface area (Å²) >= 11 is 5.98. The lowest BCUT2D eigenvalue weighted by Crippen LogP contribution is -2.30. The second kappa shape index (κ2) is 12.0. The molecule has 0 bridgehead atoms. The Labute approximate surface area is 192 Å². The average Bonchev–Trinajstić information content (AvgIpc) is 2.72. The van der Waals surface area contributed by atoms with Crippen LogP contribution in [0.3, 0.4) is 0 Å². The molecule has 1 aromatic rings. The predicted octanol–water partition coefficient (Wildman–Crippen LogP) is 5.69. The molecular formula is C21H22ClF4N3O4. The number of halogens is 5. The van der Waals surface area contributed by atoms with Crippen LogP contribution in [0.15, 0.2) is 78.8 Å². The van der Waals surface area contributed by atoms with Gasteiger partial charge in [-0.1, -0.05) is 43.5 Å². The first-order valence-corrected chi connectivity index (χ1v) is 9.36. The second-order valence-corrected chi connectivity index (χ2v) is 6.65. The van der Waals surface area contributed by atoms with Gasteiger partial charge in [0.15, 0.2) is 23.2 Å². The highest BCUT2D eigenvalue weighted by atomic mass is 35.5. The molecule has 0 aliphatic rings. The number of alkyl halides is 3. The van der Waals surface area contributed by atoms with Crippen LogP contribution >= 0.6 is 11.6 Å². The lowest BCUT2D eigenvalue weighted by molar-refractivity contribution is -0.0931. The van der Waals surface area contributed by atoms with E-state index in [2.05, 4.69) is 24.7 Å². The molecule has 33 heavy (non-hydrogen) atoms. The van der Waals surface area contributed by atoms with Gasteiger partial charge in [0.25, 0.3) is 0 Å². The predicted molar refractivity (Wildman–Crippen MR) is 116 cm³/mol. The molecule has 0 aliphatic carbocycles. The lowest BCUT2D eigenvalue weighted by atomic mass is 10.3. The third-order valence-corrected chi connectivity index (χ3v) is 3.91. The maximum Gasteiger partial charge on any atom is 0.431 e. The summed E-state index contributed by atoms with van der Waals surface area (Å²) in [5.74, 6) is -2.89. The number of rotatable bonds is 11. The number of pyridine rings is 1. The molecule has 3 N–H and O–H groups in total. The molecule has 0 saturated carbocycles. The number of nitrogens with one attached hydrogen (secondary N) is 1. The first-order chi connectivity index (χ1) is 15.3. The quantitative estimate of drug-likeness (QED) is 0.159. The molecule has 12 heteroatoms. The van der Waals surface area contributed by atoms with Gasteiger partial charge in [-0.15, -0.1) is 0 Å². The van der Waals surface area contributed by atoms with Crippen LogP contribution in [-0.4, -0.2) is 35.1 Å². The van der Waals surface area contributed by atoms with Crippen LogP contribution in [-0.2, 0) is 4.74 Å². The van der Waals surface area contributed by atoms with E-state index in [1.807, 2.05) is 0 Å². The molecule has 0 aromatic carbocycles. The number of aromatic nitrogens is 1. The van der Waals surface area contributed by atoms with E-state index in [0.29, 0.717) is 11.0 Å². The van der Waals surface area contributed by atoms with E-state index in [4.69, 9.17) is 26.3 Å². The standard InChI is InChI=1S/C21H22ClF4N3O4/c1-6-7-8-17(14(4)32-11-13(3)30)33-20-15(22)10-16(23)19(27-20)29(5)18(21(24,25)26)9-12(2)28-31/h6-10,28,30-31H,2-4,11H2,1,5H3/b7-6-,17-8+,18-9-. The van der Waals surface area contributed by atoms with Crippen LogP contribution < -0.4 is 15.1 Å². The van der Waals surface area contributed by atoms with Gasteiger partial charge in [0, 0.05) is 13.1 Å². The number of hydrogen-bond acceptors (Lipinski definition) is 7. The Bertz CT molecular complexity index is 1000. The number of anilines is 1. The van der Waals surface area contributed by atoms with Gasteiger partial charge in [0.2, 0.25) is 5.88 Å². The van der Waals surface area contributed by atoms with E-state index >= 15 is 0 Å². The Morgan fingerprint density at radius 1 is 1.33 bits per heavy atom. The monoisotopic (exact) mass is 491 g/mol. The Hall–Kier alpha value is -3.44. The van der Waals surface area contributed by atoms with E-state index in [9.17, 15) is 22.7 Å². The number of aliphatic hydroxyl groups excluding tert-OH is 1. The fraction of sp³-hybridized carbons (Fsp3) is 0.190. The van der Waals surface area contributed by atoms with Gasteiger partial charge in [-0.2, -0.15) is 18.2 Å². The van der Waals surface area contributed by atoms with Gasteiger partial charge >= 0.3 is 6.18 Å². The van der Waals surface area contributed by atoms with Crippen LogP contribution in [0.1, 0.15) is 6.92 Å². The maximum absolute atomic E-state index is 14.5. The zero-order valence-corrected chi connectivity index (χ0v) is 18.5. The third-order valence-electron chi connectivity index (χ3n) is 3.64. The molecule has 0 spiro atoms. The van der Waals surface area contributed by atoms with Crippen molar-refractivity contribution in [3.63, 3.8) is 0 Å². The normalized spacial score (nSPS) is 12.5. The largest absolute Gasteiger partial charge is 0.509 e. The maximum atomic E-state index is 14.5. The van der Waals surface area contributed by atoms with E-state index in [1.54, 1.807) is 13.0 Å². The van der Waals surface area contributed by atoms with Gasteiger partial charge in [-0.05, 0) is 19.1 Å². The first-order valence-electron chi connectivity index (χ1n) is 8.99. The van der Waals surface area contributed by atoms with Gasteiger partial charge in [0.1, 0.15) is 23.1 Å². The van der Waals surface area contributed by atoms with Gasteiger partial charge in [-0.3, -0.25) is 10.7 Å². The molecule has 7 nitrogen and oxygen atoms in total. The summed E-state index contributed by atoms with van der Waals surface area (Å²) in [7, 11) is 0.901. The van der Waals surface area contributed by atoms with Gasteiger partial charge in [-0.25, -0.2) is 4.39 Å². The number of hydroxylamine groups is 1. The van der Waals surface area contributed by atoms with Crippen molar-refractivity contribution in [3.05, 3.63) is 89.6 Å². The minimum Gasteiger partial charge on any atom is -0.509 e. The zero-order chi connectivity index (χ0) is 25.3. The molecule has 1 heterocycles. The summed E-state index contributed by atoms with van der Waals surface area (Å²) in [5, 5.41) is 17.6. The third kappa shape index (κ3) is 8.20. The SMILES string of the molecule is C=C(O)COC(=C)/C(=C\C=C/C)Oc1nc(N(C)/C(=C\C(=C)NO)C(F)(F)F)c(F)cc1Cl. The molecule has 0 atom stereocenters. The highest BCUT2D eigenvalue weighted by Crippen LogP contribution is 2.35. The van der Waals surface area contributed by atoms with E-state index in [1.165, 1.54) is 17.6 Å². The van der Waals surface area contributed by atoms with E-state index in [0.717, 1.165) is 13.1 Å². The number of ether oxygens (including phenoxy) is 2. The summed E-state index contributed by atoms with van der Waals surface area (Å²) in [5.41, 5.74) is -0.432. The van der Waals surface area contributed by atoms with E-state index < -0.39 is 35.1 Å². The van der Waals surface area contributed by atoms with Crippen molar-refractivity contribution in [2.75, 3.05) is 18.6 Å². The van der Waals surface area contributed by atoms with Gasteiger partial charge in [0.05, 0.1) is 5.70 Å². The zero-order valence-electron chi connectivity index (χ0n) is 17.7. The molecule has 0 unspecified atom stereocenters. The summed E-state index contributed by atoms with van der Waals surface area (Å²) in [6.45, 7) is 11.5. The fourth-order valence-electron chi connectivity index (χ4n) is 2.14. The van der Waals surface area contributed by atoms with E-state index in [-0.39, 0.29) is 28.9 Å². The fourth-order valence-corrected chi connectivity index (χ4v) is 2.32. The van der Waals surface area contributed by atoms with Crippen molar-refractivity contribution < 1.29 is 37.3 Å². The smallest absolute Gasteiger partial charge is 0.431 e. The Morgan fingerprint density at radius 2 is 1.97 bits per heavy atom. The Balaban J connectivity index is 3.46. The van der Waals surface area contributed by atoms with Crippen LogP contribution in [0.4, 0.5) is 23.4 Å². The van der Waals surface area contributed by atoms with Crippen LogP contribution in [0.2, 0.25) is 5.02 Å². The molecule has 0 fully saturated rings. The summed E-state index contributed by atoms with van der Waals surface area (Å²) in [6, 6.07) is 0.718.